The molecule has 0 spiro atoms. The summed E-state index contributed by atoms with van der Waals surface area (Å²) in [4.78, 5) is 11.0. The van der Waals surface area contributed by atoms with Crippen LogP contribution in [0.4, 0.5) is 0 Å². The first kappa shape index (κ1) is 12.1. The van der Waals surface area contributed by atoms with Crippen molar-refractivity contribution in [2.24, 2.45) is 0 Å². The van der Waals surface area contributed by atoms with Crippen molar-refractivity contribution in [3.8, 4) is 0 Å². The topological polar surface area (TPSA) is 26.3 Å². The van der Waals surface area contributed by atoms with E-state index in [1.165, 1.54) is 30.9 Å². The van der Waals surface area contributed by atoms with Gasteiger partial charge in [-0.3, -0.25) is 0 Å². The fourth-order valence-electron chi connectivity index (χ4n) is 1.90. The van der Waals surface area contributed by atoms with E-state index in [4.69, 9.17) is 4.74 Å². The van der Waals surface area contributed by atoms with E-state index in [1.807, 2.05) is 6.92 Å². The second-order valence-electron chi connectivity index (χ2n) is 3.84. The third kappa shape index (κ3) is 5.05. The first-order chi connectivity index (χ1) is 6.83. The van der Waals surface area contributed by atoms with Crippen molar-refractivity contribution < 1.29 is 9.53 Å². The van der Waals surface area contributed by atoms with Crippen molar-refractivity contribution in [2.75, 3.05) is 6.61 Å². The summed E-state index contributed by atoms with van der Waals surface area (Å²) in [5, 5.41) is 1.32. The molecule has 1 fully saturated rings. The van der Waals surface area contributed by atoms with E-state index in [0.717, 1.165) is 11.1 Å². The Morgan fingerprint density at radius 1 is 1.43 bits per heavy atom. The van der Waals surface area contributed by atoms with Gasteiger partial charge in [0.05, 0.1) is 0 Å². The molecule has 1 saturated carbocycles. The van der Waals surface area contributed by atoms with Crippen molar-refractivity contribution in [1.29, 1.82) is 0 Å². The summed E-state index contributed by atoms with van der Waals surface area (Å²) in [5.41, 5.74) is 0. The summed E-state index contributed by atoms with van der Waals surface area (Å²) in [6.07, 6.45) is 7.55. The average Bonchev–Trinajstić information content (AvgIpc) is 2.65. The molecule has 0 aromatic carbocycles. The molecule has 0 aromatic rings. The van der Waals surface area contributed by atoms with Crippen molar-refractivity contribution >= 4 is 21.7 Å². The standard InChI is InChI=1S/C11H21AsO2/c1-2-14-11(13)8-5-9-12-10-6-3-4-7-10/h10,12H,2-9H2,1H3. The van der Waals surface area contributed by atoms with Crippen LogP contribution >= 0.6 is 0 Å². The molecule has 0 aromatic heterocycles. The fraction of sp³-hybridized carbons (Fsp3) is 0.909. The van der Waals surface area contributed by atoms with Crippen LogP contribution < -0.4 is 0 Å². The predicted molar refractivity (Wildman–Crippen MR) is 60.0 cm³/mol. The Morgan fingerprint density at radius 2 is 2.14 bits per heavy atom. The van der Waals surface area contributed by atoms with E-state index in [0.29, 0.717) is 13.0 Å². The van der Waals surface area contributed by atoms with Gasteiger partial charge < -0.3 is 0 Å². The third-order valence-corrected chi connectivity index (χ3v) is 6.42. The molecule has 3 heteroatoms. The zero-order valence-electron chi connectivity index (χ0n) is 9.05. The molecule has 0 radical (unpaired) electrons. The van der Waals surface area contributed by atoms with E-state index in [9.17, 15) is 4.79 Å². The first-order valence-electron chi connectivity index (χ1n) is 5.72. The molecular weight excluding hydrogens is 239 g/mol. The molecule has 1 unspecified atom stereocenters. The van der Waals surface area contributed by atoms with Crippen LogP contribution in [0.3, 0.4) is 0 Å². The van der Waals surface area contributed by atoms with Crippen LogP contribution in [0.2, 0.25) is 9.91 Å². The monoisotopic (exact) mass is 260 g/mol. The van der Waals surface area contributed by atoms with Gasteiger partial charge in [-0.25, -0.2) is 0 Å². The van der Waals surface area contributed by atoms with Gasteiger partial charge in [0.1, 0.15) is 0 Å². The van der Waals surface area contributed by atoms with Crippen molar-refractivity contribution in [2.45, 2.75) is 55.4 Å². The Bertz CT molecular complexity index is 165. The number of carbonyl (C=O) groups excluding carboxylic acids is 1. The SMILES string of the molecule is CCOC(=O)CCC[AsH]C1CCCC1. The van der Waals surface area contributed by atoms with Crippen LogP contribution in [0.25, 0.3) is 0 Å². The van der Waals surface area contributed by atoms with E-state index in [2.05, 4.69) is 0 Å². The summed E-state index contributed by atoms with van der Waals surface area (Å²) >= 11 is 0.243. The van der Waals surface area contributed by atoms with Crippen molar-refractivity contribution in [3.63, 3.8) is 0 Å². The summed E-state index contributed by atoms with van der Waals surface area (Å²) in [6.45, 7) is 2.39. The van der Waals surface area contributed by atoms with Gasteiger partial charge in [-0.05, 0) is 0 Å². The van der Waals surface area contributed by atoms with Gasteiger partial charge >= 0.3 is 93.2 Å². The molecule has 82 valence electrons. The molecule has 1 aliphatic rings. The molecule has 0 heterocycles. The number of ether oxygens (including phenoxy) is 1. The Labute approximate surface area is 93.5 Å². The van der Waals surface area contributed by atoms with Crippen molar-refractivity contribution in [1.82, 2.24) is 0 Å². The molecule has 0 saturated heterocycles. The van der Waals surface area contributed by atoms with Crippen LogP contribution in [0.5, 0.6) is 0 Å². The number of hydrogen-bond acceptors (Lipinski definition) is 2. The zero-order chi connectivity index (χ0) is 10.2. The Hall–Kier alpha value is 0.0284. The minimum absolute atomic E-state index is 0.00878. The normalized spacial score (nSPS) is 18.1. The maximum atomic E-state index is 11.0. The van der Waals surface area contributed by atoms with Crippen LogP contribution in [0.15, 0.2) is 0 Å². The summed E-state index contributed by atoms with van der Waals surface area (Å²) in [5.74, 6) is -0.00878. The third-order valence-electron chi connectivity index (χ3n) is 2.65. The first-order valence-corrected chi connectivity index (χ1v) is 8.41. The van der Waals surface area contributed by atoms with E-state index < -0.39 is 0 Å². The van der Waals surface area contributed by atoms with Crippen LogP contribution in [-0.4, -0.2) is 28.3 Å². The average molecular weight is 260 g/mol. The zero-order valence-corrected chi connectivity index (χ0v) is 11.1. The molecule has 14 heavy (non-hydrogen) atoms. The molecule has 0 N–H and O–H groups in total. The van der Waals surface area contributed by atoms with E-state index in [-0.39, 0.29) is 21.7 Å². The summed E-state index contributed by atoms with van der Waals surface area (Å²) < 4.78 is 5.97. The quantitative estimate of drug-likeness (QED) is 0.417. The Kier molecular flexibility index (Phi) is 6.34. The molecule has 1 rings (SSSR count). The van der Waals surface area contributed by atoms with Gasteiger partial charge in [0.15, 0.2) is 0 Å². The molecule has 1 aliphatic carbocycles. The van der Waals surface area contributed by atoms with Crippen LogP contribution in [0, 0.1) is 0 Å². The molecule has 1 atom stereocenters. The second kappa shape index (κ2) is 7.34. The molecule has 2 nitrogen and oxygen atoms in total. The molecule has 0 amide bonds. The molecule has 0 aliphatic heterocycles. The Morgan fingerprint density at radius 3 is 2.79 bits per heavy atom. The van der Waals surface area contributed by atoms with Crippen molar-refractivity contribution in [3.05, 3.63) is 0 Å². The van der Waals surface area contributed by atoms with Gasteiger partial charge in [-0.2, -0.15) is 0 Å². The predicted octanol–water partition coefficient (Wildman–Crippen LogP) is 2.55. The summed E-state index contributed by atoms with van der Waals surface area (Å²) in [6, 6.07) is 0. The number of hydrogen-bond donors (Lipinski definition) is 0. The number of esters is 1. The van der Waals surface area contributed by atoms with Gasteiger partial charge in [0.25, 0.3) is 0 Å². The molecular formula is C11H21AsO2. The fourth-order valence-corrected chi connectivity index (χ4v) is 5.27. The number of rotatable bonds is 6. The summed E-state index contributed by atoms with van der Waals surface area (Å²) in [7, 11) is 0. The molecule has 0 bridgehead atoms. The second-order valence-corrected chi connectivity index (χ2v) is 7.46. The van der Waals surface area contributed by atoms with Crippen LogP contribution in [-0.2, 0) is 9.53 Å². The number of carbonyl (C=O) groups is 1. The maximum absolute atomic E-state index is 11.0. The van der Waals surface area contributed by atoms with E-state index >= 15 is 0 Å². The van der Waals surface area contributed by atoms with Crippen LogP contribution in [0.1, 0.15) is 45.4 Å². The van der Waals surface area contributed by atoms with Gasteiger partial charge in [0.2, 0.25) is 0 Å². The van der Waals surface area contributed by atoms with E-state index in [1.54, 1.807) is 0 Å². The van der Waals surface area contributed by atoms with Gasteiger partial charge in [0, 0.05) is 0 Å². The Balaban J connectivity index is 1.90. The van der Waals surface area contributed by atoms with Gasteiger partial charge in [-0.1, -0.05) is 0 Å². The minimum atomic E-state index is -0.00878. The van der Waals surface area contributed by atoms with Gasteiger partial charge in [-0.15, -0.1) is 0 Å².